The molecular weight excluding hydrogens is 276 g/mol. The number of amides is 1. The number of aryl methyl sites for hydroxylation is 1. The molecule has 0 saturated carbocycles. The minimum Gasteiger partial charge on any atom is -0.480 e. The number of furan rings is 1. The highest BCUT2D eigenvalue weighted by atomic mass is 32.2. The third-order valence-corrected chi connectivity index (χ3v) is 3.38. The number of nitrogens with one attached hydrogen (secondary N) is 1. The van der Waals surface area contributed by atoms with Gasteiger partial charge in [0.15, 0.2) is 5.76 Å². The van der Waals surface area contributed by atoms with Crippen LogP contribution in [0.25, 0.3) is 0 Å². The lowest BCUT2D eigenvalue weighted by Gasteiger charge is -2.19. The van der Waals surface area contributed by atoms with E-state index in [4.69, 9.17) is 14.7 Å². The van der Waals surface area contributed by atoms with E-state index in [-0.39, 0.29) is 16.4 Å². The third kappa shape index (κ3) is 3.32. The summed E-state index contributed by atoms with van der Waals surface area (Å²) in [6, 6.07) is 0.956. The first-order valence-corrected chi connectivity index (χ1v) is 6.69. The third-order valence-electron chi connectivity index (χ3n) is 2.36. The molecule has 1 amide bonds. The molecule has 9 heteroatoms. The second-order valence-corrected chi connectivity index (χ2v) is 5.99. The summed E-state index contributed by atoms with van der Waals surface area (Å²) in [5, 5.41) is 16.0. The van der Waals surface area contributed by atoms with E-state index < -0.39 is 27.4 Å². The smallest absolute Gasteiger partial charge is 0.328 e. The first kappa shape index (κ1) is 15.2. The van der Waals surface area contributed by atoms with Crippen LogP contribution in [-0.4, -0.2) is 30.9 Å². The molecule has 0 radical (unpaired) electrons. The minimum atomic E-state index is -4.00. The molecule has 1 heterocycles. The van der Waals surface area contributed by atoms with E-state index in [9.17, 15) is 18.0 Å². The number of carboxylic acid groups (broad SMARTS) is 1. The van der Waals surface area contributed by atoms with Crippen molar-refractivity contribution in [2.75, 3.05) is 0 Å². The maximum Gasteiger partial charge on any atom is 0.328 e. The highest BCUT2D eigenvalue weighted by Gasteiger charge is 2.31. The number of aliphatic carboxylic acids is 1. The summed E-state index contributed by atoms with van der Waals surface area (Å²) in [4.78, 5) is 22.3. The highest BCUT2D eigenvalue weighted by Crippen LogP contribution is 2.19. The van der Waals surface area contributed by atoms with E-state index in [1.54, 1.807) is 0 Å². The molecule has 0 aromatic carbocycles. The van der Waals surface area contributed by atoms with Gasteiger partial charge in [0, 0.05) is 6.07 Å². The van der Waals surface area contributed by atoms with Gasteiger partial charge in [0.25, 0.3) is 5.91 Å². The molecule has 19 heavy (non-hydrogen) atoms. The second-order valence-electron chi connectivity index (χ2n) is 4.46. The van der Waals surface area contributed by atoms with Crippen LogP contribution in [0.5, 0.6) is 0 Å². The number of nitrogens with two attached hydrogens (primary N) is 1. The van der Waals surface area contributed by atoms with Crippen LogP contribution in [0.3, 0.4) is 0 Å². The molecule has 0 unspecified atom stereocenters. The van der Waals surface area contributed by atoms with E-state index in [0.29, 0.717) is 0 Å². The zero-order valence-electron chi connectivity index (χ0n) is 10.6. The van der Waals surface area contributed by atoms with Crippen LogP contribution in [-0.2, 0) is 14.8 Å². The van der Waals surface area contributed by atoms with Crippen LogP contribution in [0.4, 0.5) is 0 Å². The summed E-state index contributed by atoms with van der Waals surface area (Å²) >= 11 is 0. The van der Waals surface area contributed by atoms with Gasteiger partial charge in [-0.15, -0.1) is 0 Å². The van der Waals surface area contributed by atoms with E-state index in [2.05, 4.69) is 5.32 Å². The Bertz CT molecular complexity index is 628. The Morgan fingerprint density at radius 1 is 1.42 bits per heavy atom. The Labute approximate surface area is 109 Å². The number of primary sulfonamides is 1. The van der Waals surface area contributed by atoms with Crippen LogP contribution < -0.4 is 10.5 Å². The van der Waals surface area contributed by atoms with Gasteiger partial charge in [0.2, 0.25) is 10.0 Å². The molecule has 1 aromatic heterocycles. The van der Waals surface area contributed by atoms with Crippen molar-refractivity contribution in [3.8, 4) is 0 Å². The maximum absolute atomic E-state index is 11.8. The first-order valence-electron chi connectivity index (χ1n) is 5.14. The molecule has 0 bridgehead atoms. The van der Waals surface area contributed by atoms with Crippen LogP contribution >= 0.6 is 0 Å². The molecule has 0 aliphatic heterocycles. The lowest BCUT2D eigenvalue weighted by atomic mass is 10.1. The zero-order chi connectivity index (χ0) is 15.0. The summed E-state index contributed by atoms with van der Waals surface area (Å²) in [5.41, 5.74) is -1.51. The lowest BCUT2D eigenvalue weighted by molar-refractivity contribution is -0.143. The molecule has 0 atom stereocenters. The number of carbonyl (C=O) groups excluding carboxylic acids is 1. The maximum atomic E-state index is 11.8. The quantitative estimate of drug-likeness (QED) is 0.703. The fourth-order valence-corrected chi connectivity index (χ4v) is 1.97. The minimum absolute atomic E-state index is 0.0409. The average molecular weight is 290 g/mol. The molecule has 0 aliphatic carbocycles. The van der Waals surface area contributed by atoms with E-state index >= 15 is 0 Å². The normalized spacial score (nSPS) is 12.2. The lowest BCUT2D eigenvalue weighted by Crippen LogP contribution is -2.49. The molecule has 4 N–H and O–H groups in total. The number of carboxylic acids is 1. The topological polar surface area (TPSA) is 140 Å². The van der Waals surface area contributed by atoms with Gasteiger partial charge in [-0.05, 0) is 20.8 Å². The van der Waals surface area contributed by atoms with E-state index in [0.717, 1.165) is 6.07 Å². The molecule has 1 aromatic rings. The van der Waals surface area contributed by atoms with Gasteiger partial charge in [0.1, 0.15) is 16.2 Å². The number of hydrogen-bond acceptors (Lipinski definition) is 5. The highest BCUT2D eigenvalue weighted by molar-refractivity contribution is 7.89. The van der Waals surface area contributed by atoms with Crippen LogP contribution in [0.15, 0.2) is 15.4 Å². The van der Waals surface area contributed by atoms with E-state index in [1.165, 1.54) is 20.8 Å². The summed E-state index contributed by atoms with van der Waals surface area (Å²) in [5.74, 6) is -2.45. The summed E-state index contributed by atoms with van der Waals surface area (Å²) in [6.07, 6.45) is 0. The second kappa shape index (κ2) is 4.67. The number of carbonyl (C=O) groups is 2. The van der Waals surface area contributed by atoms with Crippen molar-refractivity contribution in [2.24, 2.45) is 5.14 Å². The Kier molecular flexibility index (Phi) is 3.73. The van der Waals surface area contributed by atoms with Gasteiger partial charge in [0.05, 0.1) is 0 Å². The number of rotatable bonds is 4. The fraction of sp³-hybridized carbons (Fsp3) is 0.400. The van der Waals surface area contributed by atoms with Crippen LogP contribution in [0, 0.1) is 6.92 Å². The summed E-state index contributed by atoms with van der Waals surface area (Å²) in [7, 11) is -4.00. The first-order chi connectivity index (χ1) is 8.45. The predicted molar refractivity (Wildman–Crippen MR) is 64.0 cm³/mol. The van der Waals surface area contributed by atoms with Gasteiger partial charge >= 0.3 is 5.97 Å². The van der Waals surface area contributed by atoms with Crippen molar-refractivity contribution in [3.63, 3.8) is 0 Å². The van der Waals surface area contributed by atoms with Crippen LogP contribution in [0.2, 0.25) is 0 Å². The van der Waals surface area contributed by atoms with Crippen molar-refractivity contribution >= 4 is 21.9 Å². The van der Waals surface area contributed by atoms with Gasteiger partial charge in [-0.3, -0.25) is 4.79 Å². The molecule has 106 valence electrons. The molecule has 1 rings (SSSR count). The molecule has 0 aliphatic rings. The van der Waals surface area contributed by atoms with Crippen LogP contribution in [0.1, 0.15) is 30.2 Å². The Balaban J connectivity index is 3.07. The largest absolute Gasteiger partial charge is 0.480 e. The molecular formula is C10H14N2O6S. The molecule has 8 nitrogen and oxygen atoms in total. The number of sulfonamides is 1. The molecule has 0 fully saturated rings. The van der Waals surface area contributed by atoms with Gasteiger partial charge < -0.3 is 14.8 Å². The molecule has 0 saturated heterocycles. The SMILES string of the molecule is Cc1oc(C(=O)NC(C)(C)C(=O)O)cc1S(N)(=O)=O. The fourth-order valence-electron chi connectivity index (χ4n) is 1.26. The zero-order valence-corrected chi connectivity index (χ0v) is 11.4. The monoisotopic (exact) mass is 290 g/mol. The number of hydrogen-bond donors (Lipinski definition) is 3. The standard InChI is InChI=1S/C10H14N2O6S/c1-5-7(19(11,16)17)4-6(18-5)8(13)12-10(2,3)9(14)15/h4H,1-3H3,(H,12,13)(H,14,15)(H2,11,16,17). The van der Waals surface area contributed by atoms with Gasteiger partial charge in [-0.25, -0.2) is 18.4 Å². The molecule has 0 spiro atoms. The van der Waals surface area contributed by atoms with Crippen molar-refractivity contribution in [3.05, 3.63) is 17.6 Å². The van der Waals surface area contributed by atoms with Crippen molar-refractivity contribution in [1.82, 2.24) is 5.32 Å². The summed E-state index contributed by atoms with van der Waals surface area (Å²) < 4.78 is 27.3. The summed E-state index contributed by atoms with van der Waals surface area (Å²) in [6.45, 7) is 3.89. The van der Waals surface area contributed by atoms with Crippen molar-refractivity contribution in [1.29, 1.82) is 0 Å². The van der Waals surface area contributed by atoms with Crippen molar-refractivity contribution < 1.29 is 27.5 Å². The van der Waals surface area contributed by atoms with Gasteiger partial charge in [-0.2, -0.15) is 0 Å². The Hall–Kier alpha value is -1.87. The van der Waals surface area contributed by atoms with E-state index in [1.807, 2.05) is 0 Å². The van der Waals surface area contributed by atoms with Crippen molar-refractivity contribution in [2.45, 2.75) is 31.2 Å². The Morgan fingerprint density at radius 2 is 1.95 bits per heavy atom. The Morgan fingerprint density at radius 3 is 2.32 bits per heavy atom. The average Bonchev–Trinajstić information content (AvgIpc) is 2.58. The van der Waals surface area contributed by atoms with Gasteiger partial charge in [-0.1, -0.05) is 0 Å². The predicted octanol–water partition coefficient (Wildman–Crippen LogP) is -0.172.